The zero-order valence-corrected chi connectivity index (χ0v) is 13.0. The first-order valence-corrected chi connectivity index (χ1v) is 7.13. The molecule has 1 heterocycles. The largest absolute Gasteiger partial charge is 0.309 e. The van der Waals surface area contributed by atoms with Crippen LogP contribution in [0.15, 0.2) is 27.5 Å². The highest BCUT2D eigenvalue weighted by molar-refractivity contribution is 9.10. The van der Waals surface area contributed by atoms with E-state index in [1.807, 2.05) is 6.92 Å². The first-order chi connectivity index (χ1) is 8.99. The first kappa shape index (κ1) is 14.0. The van der Waals surface area contributed by atoms with Crippen LogP contribution in [-0.2, 0) is 12.8 Å². The predicted molar refractivity (Wildman–Crippen MR) is 80.7 cm³/mol. The molecule has 0 saturated carbocycles. The molecule has 2 aromatic rings. The van der Waals surface area contributed by atoms with Gasteiger partial charge in [-0.25, -0.2) is 4.98 Å². The van der Waals surface area contributed by atoms with E-state index in [4.69, 9.17) is 0 Å². The van der Waals surface area contributed by atoms with Gasteiger partial charge in [-0.1, -0.05) is 36.2 Å². The van der Waals surface area contributed by atoms with Crippen LogP contribution in [0.3, 0.4) is 0 Å². The van der Waals surface area contributed by atoms with Crippen molar-refractivity contribution in [3.63, 3.8) is 0 Å². The third kappa shape index (κ3) is 3.32. The fourth-order valence-electron chi connectivity index (χ4n) is 2.24. The topological polar surface area (TPSA) is 45.8 Å². The summed E-state index contributed by atoms with van der Waals surface area (Å²) in [5.74, 6) is 0.718. The molecule has 1 aromatic heterocycles. The normalized spacial score (nSPS) is 10.7. The minimum Gasteiger partial charge on any atom is -0.309 e. The maximum Gasteiger partial charge on any atom is 0.265 e. The zero-order valence-electron chi connectivity index (χ0n) is 11.4. The molecule has 0 aliphatic carbocycles. The molecule has 0 saturated heterocycles. The van der Waals surface area contributed by atoms with E-state index >= 15 is 0 Å². The standard InChI is InChI=1S/C15H17BrN2O/c1-4-12-14(16)15(19)18-13(17-12)8-11-6-9(2)5-10(3)7-11/h5-7H,4,8H2,1-3H3,(H,17,18,19). The fourth-order valence-corrected chi connectivity index (χ4v) is 2.71. The molecule has 0 unspecified atom stereocenters. The van der Waals surface area contributed by atoms with Crippen molar-refractivity contribution in [1.82, 2.24) is 9.97 Å². The molecule has 1 N–H and O–H groups in total. The number of rotatable bonds is 3. The quantitative estimate of drug-likeness (QED) is 0.943. The molecule has 19 heavy (non-hydrogen) atoms. The summed E-state index contributed by atoms with van der Waals surface area (Å²) in [5.41, 5.74) is 4.33. The molecule has 0 radical (unpaired) electrons. The molecule has 3 nitrogen and oxygen atoms in total. The Hall–Kier alpha value is -1.42. The molecule has 0 amide bonds. The monoisotopic (exact) mass is 320 g/mol. The highest BCUT2D eigenvalue weighted by atomic mass is 79.9. The summed E-state index contributed by atoms with van der Waals surface area (Å²) in [6.07, 6.45) is 1.39. The SMILES string of the molecule is CCc1nc(Cc2cc(C)cc(C)c2)[nH]c(=O)c1Br. The number of aromatic nitrogens is 2. The van der Waals surface area contributed by atoms with Gasteiger partial charge < -0.3 is 4.98 Å². The van der Waals surface area contributed by atoms with E-state index < -0.39 is 0 Å². The molecule has 0 fully saturated rings. The van der Waals surface area contributed by atoms with E-state index in [0.717, 1.165) is 17.9 Å². The minimum atomic E-state index is -0.105. The predicted octanol–water partition coefficient (Wildman–Crippen LogP) is 3.30. The Kier molecular flexibility index (Phi) is 4.20. The van der Waals surface area contributed by atoms with Crippen molar-refractivity contribution in [1.29, 1.82) is 0 Å². The van der Waals surface area contributed by atoms with Crippen molar-refractivity contribution >= 4 is 15.9 Å². The first-order valence-electron chi connectivity index (χ1n) is 6.34. The van der Waals surface area contributed by atoms with Crippen LogP contribution in [0.1, 0.15) is 35.1 Å². The molecule has 0 aliphatic heterocycles. The Bertz CT molecular complexity index is 641. The lowest BCUT2D eigenvalue weighted by Crippen LogP contribution is -2.15. The number of nitrogens with zero attached hydrogens (tertiary/aromatic N) is 1. The number of hydrogen-bond acceptors (Lipinski definition) is 2. The number of H-pyrrole nitrogens is 1. The van der Waals surface area contributed by atoms with Crippen molar-refractivity contribution in [3.8, 4) is 0 Å². The minimum absolute atomic E-state index is 0.105. The van der Waals surface area contributed by atoms with E-state index in [0.29, 0.717) is 10.9 Å². The van der Waals surface area contributed by atoms with Gasteiger partial charge in [0.05, 0.1) is 5.69 Å². The van der Waals surface area contributed by atoms with E-state index in [-0.39, 0.29) is 5.56 Å². The number of nitrogens with one attached hydrogen (secondary N) is 1. The third-order valence-electron chi connectivity index (χ3n) is 2.97. The van der Waals surface area contributed by atoms with Gasteiger partial charge in [-0.15, -0.1) is 0 Å². The smallest absolute Gasteiger partial charge is 0.265 e. The zero-order chi connectivity index (χ0) is 14.0. The van der Waals surface area contributed by atoms with Crippen LogP contribution in [0.5, 0.6) is 0 Å². The van der Waals surface area contributed by atoms with Crippen LogP contribution < -0.4 is 5.56 Å². The lowest BCUT2D eigenvalue weighted by molar-refractivity contribution is 0.876. The second kappa shape index (κ2) is 5.70. The van der Waals surface area contributed by atoms with Crippen molar-refractivity contribution in [3.05, 3.63) is 61.2 Å². The van der Waals surface area contributed by atoms with Crippen molar-refractivity contribution < 1.29 is 0 Å². The Balaban J connectivity index is 2.38. The van der Waals surface area contributed by atoms with E-state index in [1.165, 1.54) is 16.7 Å². The summed E-state index contributed by atoms with van der Waals surface area (Å²) in [7, 11) is 0. The van der Waals surface area contributed by atoms with Crippen LogP contribution >= 0.6 is 15.9 Å². The van der Waals surface area contributed by atoms with E-state index in [1.54, 1.807) is 0 Å². The number of benzene rings is 1. The van der Waals surface area contributed by atoms with Crippen LogP contribution in [0.4, 0.5) is 0 Å². The fraction of sp³-hybridized carbons (Fsp3) is 0.333. The maximum absolute atomic E-state index is 11.8. The van der Waals surface area contributed by atoms with Crippen LogP contribution in [0, 0.1) is 13.8 Å². The summed E-state index contributed by atoms with van der Waals surface area (Å²) in [5, 5.41) is 0. The van der Waals surface area contributed by atoms with Gasteiger partial charge in [-0.3, -0.25) is 4.79 Å². The highest BCUT2D eigenvalue weighted by Gasteiger charge is 2.08. The molecular weight excluding hydrogens is 304 g/mol. The Labute approximate surface area is 121 Å². The molecular formula is C15H17BrN2O. The van der Waals surface area contributed by atoms with Gasteiger partial charge in [0.15, 0.2) is 0 Å². The van der Waals surface area contributed by atoms with Crippen LogP contribution in [0.2, 0.25) is 0 Å². The molecule has 4 heteroatoms. The van der Waals surface area contributed by atoms with E-state index in [2.05, 4.69) is 57.9 Å². The van der Waals surface area contributed by atoms with Gasteiger partial charge >= 0.3 is 0 Å². The highest BCUT2D eigenvalue weighted by Crippen LogP contribution is 2.14. The van der Waals surface area contributed by atoms with Gasteiger partial charge in [0.2, 0.25) is 0 Å². The molecule has 0 aliphatic rings. The average Bonchev–Trinajstić information content (AvgIpc) is 2.32. The lowest BCUT2D eigenvalue weighted by Gasteiger charge is -2.07. The van der Waals surface area contributed by atoms with Crippen LogP contribution in [-0.4, -0.2) is 9.97 Å². The second-order valence-corrected chi connectivity index (χ2v) is 5.59. The molecule has 0 bridgehead atoms. The van der Waals surface area contributed by atoms with Crippen molar-refractivity contribution in [2.24, 2.45) is 0 Å². The number of halogens is 1. The average molecular weight is 321 g/mol. The summed E-state index contributed by atoms with van der Waals surface area (Å²) in [4.78, 5) is 19.1. The molecule has 0 spiro atoms. The Morgan fingerprint density at radius 3 is 2.42 bits per heavy atom. The van der Waals surface area contributed by atoms with Gasteiger partial charge in [0, 0.05) is 6.42 Å². The summed E-state index contributed by atoms with van der Waals surface area (Å²) < 4.78 is 0.541. The second-order valence-electron chi connectivity index (χ2n) is 4.80. The summed E-state index contributed by atoms with van der Waals surface area (Å²) >= 11 is 3.28. The maximum atomic E-state index is 11.8. The van der Waals surface area contributed by atoms with Gasteiger partial charge in [-0.05, 0) is 41.8 Å². The van der Waals surface area contributed by atoms with Gasteiger partial charge in [0.25, 0.3) is 5.56 Å². The van der Waals surface area contributed by atoms with Gasteiger partial charge in [0.1, 0.15) is 10.3 Å². The number of aromatic amines is 1. The van der Waals surface area contributed by atoms with Crippen LogP contribution in [0.25, 0.3) is 0 Å². The number of hydrogen-bond donors (Lipinski definition) is 1. The van der Waals surface area contributed by atoms with Crippen molar-refractivity contribution in [2.75, 3.05) is 0 Å². The van der Waals surface area contributed by atoms with Gasteiger partial charge in [-0.2, -0.15) is 0 Å². The Morgan fingerprint density at radius 1 is 1.21 bits per heavy atom. The summed E-state index contributed by atoms with van der Waals surface area (Å²) in [6.45, 7) is 6.14. The third-order valence-corrected chi connectivity index (χ3v) is 3.79. The van der Waals surface area contributed by atoms with Crippen molar-refractivity contribution in [2.45, 2.75) is 33.6 Å². The molecule has 1 aromatic carbocycles. The Morgan fingerprint density at radius 2 is 1.84 bits per heavy atom. The van der Waals surface area contributed by atoms with E-state index in [9.17, 15) is 4.79 Å². The number of aryl methyl sites for hydroxylation is 3. The summed E-state index contributed by atoms with van der Waals surface area (Å²) in [6, 6.07) is 6.39. The molecule has 0 atom stereocenters. The molecule has 2 rings (SSSR count). The molecule has 100 valence electrons. The lowest BCUT2D eigenvalue weighted by atomic mass is 10.0.